The van der Waals surface area contributed by atoms with Gasteiger partial charge in [-0.05, 0) is 6.42 Å². The molecule has 0 radical (unpaired) electrons. The average molecular weight is 348 g/mol. The van der Waals surface area contributed by atoms with Gasteiger partial charge in [0.15, 0.2) is 0 Å². The first-order chi connectivity index (χ1) is 11.7. The predicted octanol–water partition coefficient (Wildman–Crippen LogP) is 4.77. The van der Waals surface area contributed by atoms with Gasteiger partial charge in [-0.3, -0.25) is 4.79 Å². The fourth-order valence-corrected chi connectivity index (χ4v) is 3.66. The minimum atomic E-state index is 0.0795. The van der Waals surface area contributed by atoms with Crippen molar-refractivity contribution in [1.29, 1.82) is 0 Å². The number of nitrogens with one attached hydrogen (secondary N) is 1. The van der Waals surface area contributed by atoms with E-state index in [1.165, 1.54) is 31.2 Å². The van der Waals surface area contributed by atoms with E-state index < -0.39 is 0 Å². The summed E-state index contributed by atoms with van der Waals surface area (Å²) >= 11 is 0. The monoisotopic (exact) mass is 347 g/mol. The Morgan fingerprint density at radius 2 is 1.68 bits per heavy atom. The number of carbonyl (C=O) groups excluding carboxylic acids is 1. The van der Waals surface area contributed by atoms with Gasteiger partial charge in [-0.15, -0.1) is 0 Å². The highest BCUT2D eigenvalue weighted by molar-refractivity contribution is 5.75. The first kappa shape index (κ1) is 21.7. The highest BCUT2D eigenvalue weighted by atomic mass is 16.1. The number of hydrogen-bond acceptors (Lipinski definition) is 1. The van der Waals surface area contributed by atoms with Gasteiger partial charge >= 0.3 is 0 Å². The minimum absolute atomic E-state index is 0.0795. The van der Waals surface area contributed by atoms with Crippen molar-refractivity contribution in [2.75, 3.05) is 27.2 Å². The van der Waals surface area contributed by atoms with E-state index in [1.54, 1.807) is 0 Å². The Kier molecular flexibility index (Phi) is 9.20. The Morgan fingerprint density at radius 3 is 2.32 bits per heavy atom. The lowest BCUT2D eigenvalue weighted by atomic mass is 9.91. The van der Waals surface area contributed by atoms with Crippen LogP contribution >= 0.6 is 0 Å². The van der Waals surface area contributed by atoms with Crippen LogP contribution in [0.15, 0.2) is 30.3 Å². The summed E-state index contributed by atoms with van der Waals surface area (Å²) in [5.74, 6) is 0.206. The van der Waals surface area contributed by atoms with Crippen LogP contribution in [0.25, 0.3) is 0 Å². The third-order valence-electron chi connectivity index (χ3n) is 4.58. The molecule has 0 heterocycles. The number of carbonyl (C=O) groups is 1. The summed E-state index contributed by atoms with van der Waals surface area (Å²) in [5, 5.41) is 3.15. The predicted molar refractivity (Wildman–Crippen MR) is 107 cm³/mol. The zero-order valence-corrected chi connectivity index (χ0v) is 17.1. The van der Waals surface area contributed by atoms with E-state index in [2.05, 4.69) is 70.5 Å². The summed E-state index contributed by atoms with van der Waals surface area (Å²) in [7, 11) is 4.54. The van der Waals surface area contributed by atoms with Crippen molar-refractivity contribution in [3.05, 3.63) is 35.9 Å². The van der Waals surface area contributed by atoms with Crippen LogP contribution in [0.2, 0.25) is 0 Å². The molecule has 3 nitrogen and oxygen atoms in total. The lowest BCUT2D eigenvalue weighted by molar-refractivity contribution is -0.909. The maximum absolute atomic E-state index is 12.1. The highest BCUT2D eigenvalue weighted by Crippen LogP contribution is 2.21. The fourth-order valence-electron chi connectivity index (χ4n) is 3.66. The summed E-state index contributed by atoms with van der Waals surface area (Å²) in [4.78, 5) is 12.1. The Bertz CT molecular complexity index is 494. The molecule has 0 saturated heterocycles. The molecule has 142 valence electrons. The topological polar surface area (TPSA) is 29.1 Å². The van der Waals surface area contributed by atoms with Crippen molar-refractivity contribution >= 4 is 5.91 Å². The van der Waals surface area contributed by atoms with Gasteiger partial charge in [0, 0.05) is 23.9 Å². The average Bonchev–Trinajstić information content (AvgIpc) is 2.52. The zero-order chi connectivity index (χ0) is 18.8. The second-order valence-electron chi connectivity index (χ2n) is 8.84. The van der Waals surface area contributed by atoms with E-state index in [4.69, 9.17) is 0 Å². The van der Waals surface area contributed by atoms with Crippen molar-refractivity contribution < 1.29 is 9.28 Å². The van der Waals surface area contributed by atoms with Crippen LogP contribution in [-0.4, -0.2) is 37.6 Å². The molecular weight excluding hydrogens is 308 g/mol. The molecule has 3 heteroatoms. The molecule has 1 rings (SSSR count). The molecule has 0 bridgehead atoms. The van der Waals surface area contributed by atoms with Crippen molar-refractivity contribution in [2.45, 2.75) is 65.8 Å². The van der Waals surface area contributed by atoms with Crippen LogP contribution in [0.5, 0.6) is 0 Å². The maximum atomic E-state index is 12.1. The largest absolute Gasteiger partial charge is 0.355 e. The van der Waals surface area contributed by atoms with Crippen LogP contribution in [-0.2, 0) is 11.3 Å². The fraction of sp³-hybridized carbons (Fsp3) is 0.682. The molecule has 1 amide bonds. The zero-order valence-electron chi connectivity index (χ0n) is 17.1. The molecule has 25 heavy (non-hydrogen) atoms. The Morgan fingerprint density at radius 1 is 1.04 bits per heavy atom. The van der Waals surface area contributed by atoms with Gasteiger partial charge in [0.1, 0.15) is 6.54 Å². The number of unbranched alkanes of at least 4 members (excludes halogenated alkanes) is 4. The number of rotatable bonds is 12. The highest BCUT2D eigenvalue weighted by Gasteiger charge is 2.29. The van der Waals surface area contributed by atoms with Gasteiger partial charge in [0.05, 0.1) is 20.6 Å². The molecule has 0 aliphatic carbocycles. The number of quaternary nitrogens is 1. The lowest BCUT2D eigenvalue weighted by Gasteiger charge is -2.37. The number of benzene rings is 1. The number of nitrogens with zero attached hydrogens (tertiary/aromatic N) is 1. The van der Waals surface area contributed by atoms with Crippen LogP contribution in [0.4, 0.5) is 0 Å². The molecule has 0 unspecified atom stereocenters. The van der Waals surface area contributed by atoms with E-state index >= 15 is 0 Å². The van der Waals surface area contributed by atoms with E-state index in [1.807, 2.05) is 0 Å². The molecule has 1 aromatic carbocycles. The van der Waals surface area contributed by atoms with E-state index in [0.29, 0.717) is 6.42 Å². The quantitative estimate of drug-likeness (QED) is 0.428. The van der Waals surface area contributed by atoms with Gasteiger partial charge < -0.3 is 9.80 Å². The second-order valence-corrected chi connectivity index (χ2v) is 8.84. The number of amides is 1. The summed E-state index contributed by atoms with van der Waals surface area (Å²) in [5.41, 5.74) is 1.44. The molecule has 0 aliphatic heterocycles. The third-order valence-corrected chi connectivity index (χ3v) is 4.58. The molecule has 0 atom stereocenters. The third kappa shape index (κ3) is 10.3. The van der Waals surface area contributed by atoms with Gasteiger partial charge in [-0.25, -0.2) is 0 Å². The second kappa shape index (κ2) is 10.6. The summed E-state index contributed by atoms with van der Waals surface area (Å²) < 4.78 is 0.921. The van der Waals surface area contributed by atoms with Crippen molar-refractivity contribution in [2.24, 2.45) is 5.41 Å². The molecule has 0 fully saturated rings. The molecule has 1 aromatic rings. The van der Waals surface area contributed by atoms with Crippen molar-refractivity contribution in [3.63, 3.8) is 0 Å². The van der Waals surface area contributed by atoms with Crippen LogP contribution < -0.4 is 5.32 Å². The first-order valence-corrected chi connectivity index (χ1v) is 9.87. The van der Waals surface area contributed by atoms with E-state index in [0.717, 1.165) is 30.5 Å². The first-order valence-electron chi connectivity index (χ1n) is 9.87. The van der Waals surface area contributed by atoms with E-state index in [9.17, 15) is 4.79 Å². The van der Waals surface area contributed by atoms with Crippen molar-refractivity contribution in [1.82, 2.24) is 5.32 Å². The van der Waals surface area contributed by atoms with Gasteiger partial charge in [-0.1, -0.05) is 76.8 Å². The molecule has 0 aromatic heterocycles. The Balaban J connectivity index is 2.35. The lowest BCUT2D eigenvalue weighted by Crippen LogP contribution is -2.49. The normalized spacial score (nSPS) is 12.2. The summed E-state index contributed by atoms with van der Waals surface area (Å²) in [6.45, 7) is 9.50. The maximum Gasteiger partial charge on any atom is 0.220 e. The van der Waals surface area contributed by atoms with Crippen LogP contribution in [0, 0.1) is 5.41 Å². The minimum Gasteiger partial charge on any atom is -0.355 e. The molecule has 0 saturated carbocycles. The SMILES string of the molecule is CCCCCCCC(=O)NCC(C)(C)C[N+](C)(C)Cc1ccccc1. The smallest absolute Gasteiger partial charge is 0.220 e. The summed E-state index contributed by atoms with van der Waals surface area (Å²) in [6, 6.07) is 10.6. The molecule has 1 N–H and O–H groups in total. The van der Waals surface area contributed by atoms with E-state index in [-0.39, 0.29) is 11.3 Å². The van der Waals surface area contributed by atoms with Crippen LogP contribution in [0.1, 0.15) is 64.9 Å². The molecular formula is C22H39N2O+. The Labute approximate surface area is 155 Å². The standard InChI is InChI=1S/C22H38N2O/c1-6-7-8-9-13-16-21(25)23-18-22(2,3)19-24(4,5)17-20-14-11-10-12-15-20/h10-12,14-15H,6-9,13,16-19H2,1-5H3/p+1. The van der Waals surface area contributed by atoms with Gasteiger partial charge in [0.2, 0.25) is 5.91 Å². The van der Waals surface area contributed by atoms with Crippen LogP contribution in [0.3, 0.4) is 0 Å². The Hall–Kier alpha value is -1.35. The van der Waals surface area contributed by atoms with Crippen molar-refractivity contribution in [3.8, 4) is 0 Å². The van der Waals surface area contributed by atoms with Gasteiger partial charge in [-0.2, -0.15) is 0 Å². The summed E-state index contributed by atoms with van der Waals surface area (Å²) in [6.07, 6.45) is 6.64. The van der Waals surface area contributed by atoms with Gasteiger partial charge in [0.25, 0.3) is 0 Å². The molecule has 0 spiro atoms. The molecule has 0 aliphatic rings. The number of hydrogen-bond donors (Lipinski definition) is 1.